The van der Waals surface area contributed by atoms with Crippen molar-refractivity contribution in [2.75, 3.05) is 0 Å². The second-order valence-corrected chi connectivity index (χ2v) is 9.30. The van der Waals surface area contributed by atoms with E-state index in [1.165, 1.54) is 38.6 Å². The molecular weight excluding hydrogens is 402 g/mol. The normalized spacial score (nSPS) is 10.3. The molecule has 0 aliphatic carbocycles. The number of aryl methyl sites for hydroxylation is 3. The van der Waals surface area contributed by atoms with Gasteiger partial charge in [-0.1, -0.05) is 56.2 Å². The molecule has 0 unspecified atom stereocenters. The van der Waals surface area contributed by atoms with Crippen LogP contribution in [0.15, 0.2) is 48.5 Å². The quantitative estimate of drug-likeness (QED) is 0.397. The van der Waals surface area contributed by atoms with Crippen molar-refractivity contribution in [3.05, 3.63) is 65.2 Å². The third-order valence-corrected chi connectivity index (χ3v) is 4.17. The fourth-order valence-corrected chi connectivity index (χ4v) is 3.16. The zero-order chi connectivity index (χ0) is 16.8. The molecule has 3 aromatic carbocycles. The van der Waals surface area contributed by atoms with Crippen LogP contribution in [-0.4, -0.2) is 0 Å². The molecule has 23 heavy (non-hydrogen) atoms. The van der Waals surface area contributed by atoms with Crippen LogP contribution in [0.1, 0.15) is 30.5 Å². The Balaban J connectivity index is 0.000000595. The maximum atomic E-state index is 4.93. The predicted molar refractivity (Wildman–Crippen MR) is 100 cm³/mol. The van der Waals surface area contributed by atoms with Gasteiger partial charge in [0.15, 0.2) is 0 Å². The Hall–Kier alpha value is -0.487. The first-order chi connectivity index (χ1) is 11.2. The molecule has 0 amide bonds. The van der Waals surface area contributed by atoms with Crippen LogP contribution in [0.25, 0.3) is 21.9 Å². The Morgan fingerprint density at radius 2 is 1.61 bits per heavy atom. The molecule has 0 atom stereocenters. The summed E-state index contributed by atoms with van der Waals surface area (Å²) in [6.07, 6.45) is 2.16. The molecule has 3 rings (SSSR count). The first-order valence-electron chi connectivity index (χ1n) is 7.89. The summed E-state index contributed by atoms with van der Waals surface area (Å²) in [4.78, 5) is 0. The van der Waals surface area contributed by atoms with Gasteiger partial charge in [0.1, 0.15) is 0 Å². The zero-order valence-corrected chi connectivity index (χ0v) is 17.8. The molecule has 0 aliphatic heterocycles. The van der Waals surface area contributed by atoms with E-state index in [0.29, 0.717) is 0 Å². The van der Waals surface area contributed by atoms with Gasteiger partial charge in [0.05, 0.1) is 0 Å². The molecule has 0 aliphatic rings. The number of hydrogen-bond donors (Lipinski definition) is 0. The van der Waals surface area contributed by atoms with E-state index in [0.717, 1.165) is 12.8 Å². The fraction of sp³-hybridized carbons (Fsp3) is 0.250. The summed E-state index contributed by atoms with van der Waals surface area (Å²) in [5.74, 6) is 0. The van der Waals surface area contributed by atoms with Gasteiger partial charge in [0.2, 0.25) is 0 Å². The Labute approximate surface area is 157 Å². The molecule has 0 nitrogen and oxygen atoms in total. The number of halogens is 2. The second-order valence-electron chi connectivity index (χ2n) is 5.57. The van der Waals surface area contributed by atoms with E-state index in [4.69, 9.17) is 17.0 Å². The van der Waals surface area contributed by atoms with Gasteiger partial charge in [-0.2, -0.15) is 6.07 Å². The summed E-state index contributed by atoms with van der Waals surface area (Å²) >= 11 is -0.826. The fourth-order valence-electron chi connectivity index (χ4n) is 3.16. The molecule has 0 aromatic heterocycles. The van der Waals surface area contributed by atoms with Gasteiger partial charge in [-0.05, 0) is 24.0 Å². The second kappa shape index (κ2) is 9.12. The van der Waals surface area contributed by atoms with Gasteiger partial charge in [0, 0.05) is 0 Å². The van der Waals surface area contributed by atoms with Crippen LogP contribution in [0.5, 0.6) is 0 Å². The molecule has 3 heteroatoms. The molecule has 0 saturated heterocycles. The minimum absolute atomic E-state index is 0.826. The summed E-state index contributed by atoms with van der Waals surface area (Å²) < 4.78 is 0. The van der Waals surface area contributed by atoms with Gasteiger partial charge in [-0.25, -0.2) is 0 Å². The van der Waals surface area contributed by atoms with Crippen molar-refractivity contribution in [1.29, 1.82) is 0 Å². The van der Waals surface area contributed by atoms with Crippen molar-refractivity contribution in [1.82, 2.24) is 0 Å². The SMILES string of the molecule is CCc1ccccc1-c1c(CC)ccc2[cH-]c(C)cc12.[Cl][Zr][Cl]. The van der Waals surface area contributed by atoms with Crippen molar-refractivity contribution >= 4 is 27.8 Å². The third-order valence-electron chi connectivity index (χ3n) is 4.17. The predicted octanol–water partition coefficient (Wildman–Crippen LogP) is 7.04. The van der Waals surface area contributed by atoms with E-state index >= 15 is 0 Å². The van der Waals surface area contributed by atoms with E-state index in [9.17, 15) is 0 Å². The summed E-state index contributed by atoms with van der Waals surface area (Å²) in [5.41, 5.74) is 7.08. The topological polar surface area (TPSA) is 0 Å². The minimum atomic E-state index is -0.826. The van der Waals surface area contributed by atoms with Gasteiger partial charge in [0.25, 0.3) is 0 Å². The Morgan fingerprint density at radius 3 is 2.26 bits per heavy atom. The molecule has 0 bridgehead atoms. The third kappa shape index (κ3) is 4.33. The molecule has 0 N–H and O–H groups in total. The number of benzene rings is 2. The molecule has 0 radical (unpaired) electrons. The van der Waals surface area contributed by atoms with Crippen LogP contribution in [0.3, 0.4) is 0 Å². The molecule has 3 aromatic rings. The number of fused-ring (bicyclic) bond motifs is 1. The number of rotatable bonds is 3. The summed E-state index contributed by atoms with van der Waals surface area (Å²) in [5, 5.41) is 2.77. The van der Waals surface area contributed by atoms with Crippen molar-refractivity contribution in [2.45, 2.75) is 33.6 Å². The first-order valence-corrected chi connectivity index (χ1v) is 14.2. The number of hydrogen-bond acceptors (Lipinski definition) is 0. The summed E-state index contributed by atoms with van der Waals surface area (Å²) in [6.45, 7) is 6.66. The van der Waals surface area contributed by atoms with Crippen LogP contribution < -0.4 is 0 Å². The van der Waals surface area contributed by atoms with E-state index in [1.807, 2.05) is 0 Å². The van der Waals surface area contributed by atoms with Gasteiger partial charge in [-0.3, -0.25) is 0 Å². The average molecular weight is 424 g/mol. The van der Waals surface area contributed by atoms with Crippen molar-refractivity contribution in [3.8, 4) is 11.1 Å². The first kappa shape index (κ1) is 18.8. The van der Waals surface area contributed by atoms with Gasteiger partial charge in [-0.15, -0.1) is 34.5 Å². The Kier molecular flexibility index (Phi) is 7.47. The summed E-state index contributed by atoms with van der Waals surface area (Å²) in [7, 11) is 9.87. The summed E-state index contributed by atoms with van der Waals surface area (Å²) in [6, 6.07) is 18.0. The van der Waals surface area contributed by atoms with Crippen LogP contribution in [-0.2, 0) is 33.7 Å². The molecular formula is C20H21Cl2Zr-. The molecule has 0 spiro atoms. The molecule has 0 heterocycles. The van der Waals surface area contributed by atoms with Crippen molar-refractivity contribution in [3.63, 3.8) is 0 Å². The molecule has 0 fully saturated rings. The van der Waals surface area contributed by atoms with E-state index in [1.54, 1.807) is 0 Å². The monoisotopic (exact) mass is 421 g/mol. The van der Waals surface area contributed by atoms with Gasteiger partial charge < -0.3 is 0 Å². The molecule has 120 valence electrons. The van der Waals surface area contributed by atoms with Crippen molar-refractivity contribution < 1.29 is 20.8 Å². The van der Waals surface area contributed by atoms with E-state index in [-0.39, 0.29) is 0 Å². The Bertz CT molecular complexity index is 774. The van der Waals surface area contributed by atoms with E-state index in [2.05, 4.69) is 69.3 Å². The van der Waals surface area contributed by atoms with Crippen molar-refractivity contribution in [2.24, 2.45) is 0 Å². The maximum absolute atomic E-state index is 4.93. The zero-order valence-electron chi connectivity index (χ0n) is 13.8. The van der Waals surface area contributed by atoms with E-state index < -0.39 is 20.8 Å². The molecule has 0 saturated carbocycles. The standard InChI is InChI=1S/C20H21.2ClH.Zr/c1-4-15-8-6-7-9-18(15)20-16(5-2)10-11-17-12-14(3)13-19(17)20;;;/h6-13H,4-5H2,1-3H3;2*1H;/q-1;;;+2/p-2. The average Bonchev–Trinajstić information content (AvgIpc) is 2.94. The van der Waals surface area contributed by atoms with Crippen LogP contribution in [0.2, 0.25) is 0 Å². The Morgan fingerprint density at radius 1 is 0.957 bits per heavy atom. The van der Waals surface area contributed by atoms with Gasteiger partial charge >= 0.3 is 37.9 Å². The van der Waals surface area contributed by atoms with Crippen LogP contribution >= 0.6 is 17.0 Å². The van der Waals surface area contributed by atoms with Crippen LogP contribution in [0.4, 0.5) is 0 Å². The van der Waals surface area contributed by atoms with Crippen LogP contribution in [0, 0.1) is 6.92 Å².